The maximum absolute atomic E-state index is 14.2. The Kier molecular flexibility index (Phi) is 5.92. The molecule has 2 atom stereocenters. The average Bonchev–Trinajstić information content (AvgIpc) is 2.68. The summed E-state index contributed by atoms with van der Waals surface area (Å²) in [5, 5.41) is 19.5. The number of hydrogen-bond donors (Lipinski definition) is 2. The second kappa shape index (κ2) is 8.37. The number of ketones is 1. The summed E-state index contributed by atoms with van der Waals surface area (Å²) in [7, 11) is 0. The highest BCUT2D eigenvalue weighted by Crippen LogP contribution is 2.30. The fourth-order valence-electron chi connectivity index (χ4n) is 2.87. The van der Waals surface area contributed by atoms with Crippen molar-refractivity contribution in [2.75, 3.05) is 0 Å². The van der Waals surface area contributed by atoms with Gasteiger partial charge in [-0.25, -0.2) is 8.78 Å². The molecule has 0 saturated heterocycles. The molecule has 1 aromatic heterocycles. The molecule has 0 aliphatic carbocycles. The molecule has 2 aromatic carbocycles. The number of benzene rings is 2. The van der Waals surface area contributed by atoms with Crippen LogP contribution in [-0.4, -0.2) is 21.6 Å². The van der Waals surface area contributed by atoms with Gasteiger partial charge in [0, 0.05) is 34.6 Å². The number of Topliss-reactive ketones (excluding diaryl/α,β-unsaturated/α-hetero) is 1. The summed E-state index contributed by atoms with van der Waals surface area (Å²) in [6.07, 6.45) is 1.39. The fraction of sp³-hybridized carbons (Fsp3) is 0.0952. The van der Waals surface area contributed by atoms with Gasteiger partial charge in [-0.1, -0.05) is 29.8 Å². The molecule has 4 nitrogen and oxygen atoms in total. The lowest BCUT2D eigenvalue weighted by molar-refractivity contribution is 0.0793. The minimum absolute atomic E-state index is 0.160. The lowest BCUT2D eigenvalue weighted by atomic mass is 9.82. The van der Waals surface area contributed by atoms with E-state index >= 15 is 0 Å². The van der Waals surface area contributed by atoms with E-state index in [2.05, 4.69) is 4.98 Å². The molecule has 142 valence electrons. The number of aromatic nitrogens is 1. The van der Waals surface area contributed by atoms with Crippen LogP contribution in [-0.2, 0) is 0 Å². The van der Waals surface area contributed by atoms with Crippen LogP contribution in [0.3, 0.4) is 0 Å². The lowest BCUT2D eigenvalue weighted by Gasteiger charge is -2.23. The molecule has 0 aliphatic rings. The first-order valence-corrected chi connectivity index (χ1v) is 8.68. The molecule has 0 saturated carbocycles. The second-order valence-corrected chi connectivity index (χ2v) is 6.56. The number of halogens is 3. The molecule has 2 N–H and O–H groups in total. The van der Waals surface area contributed by atoms with Crippen LogP contribution in [0.2, 0.25) is 5.02 Å². The van der Waals surface area contributed by atoms with Crippen molar-refractivity contribution in [3.05, 3.63) is 100 Å². The third-order valence-corrected chi connectivity index (χ3v) is 4.50. The molecule has 0 bridgehead atoms. The van der Waals surface area contributed by atoms with Gasteiger partial charge >= 0.3 is 0 Å². The first-order valence-electron chi connectivity index (χ1n) is 8.30. The Morgan fingerprint density at radius 1 is 1.11 bits per heavy atom. The van der Waals surface area contributed by atoms with E-state index in [0.29, 0.717) is 11.1 Å². The summed E-state index contributed by atoms with van der Waals surface area (Å²) in [4.78, 5) is 17.0. The van der Waals surface area contributed by atoms with Gasteiger partial charge in [0.2, 0.25) is 0 Å². The van der Waals surface area contributed by atoms with E-state index in [1.165, 1.54) is 24.5 Å². The van der Waals surface area contributed by atoms with Gasteiger partial charge in [-0.05, 0) is 35.9 Å². The predicted octanol–water partition coefficient (Wildman–Crippen LogP) is 4.61. The zero-order valence-electron chi connectivity index (χ0n) is 14.4. The maximum Gasteiger partial charge on any atom is 0.174 e. The molecule has 7 heteroatoms. The van der Waals surface area contributed by atoms with Gasteiger partial charge in [0.15, 0.2) is 5.78 Å². The number of aliphatic hydroxyl groups is 1. The van der Waals surface area contributed by atoms with Crippen molar-refractivity contribution in [1.82, 2.24) is 4.98 Å². The van der Waals surface area contributed by atoms with Crippen LogP contribution in [0.5, 0.6) is 0 Å². The van der Waals surface area contributed by atoms with Crippen LogP contribution in [0.25, 0.3) is 0 Å². The minimum Gasteiger partial charge on any atom is -0.387 e. The summed E-state index contributed by atoms with van der Waals surface area (Å²) in [6, 6.07) is 11.8. The van der Waals surface area contributed by atoms with Crippen LogP contribution in [0.4, 0.5) is 8.78 Å². The zero-order chi connectivity index (χ0) is 20.3. The van der Waals surface area contributed by atoms with Crippen molar-refractivity contribution < 1.29 is 18.7 Å². The van der Waals surface area contributed by atoms with Crippen molar-refractivity contribution in [2.45, 2.75) is 6.10 Å². The molecule has 0 radical (unpaired) electrons. The molecule has 0 amide bonds. The van der Waals surface area contributed by atoms with E-state index in [1.807, 2.05) is 0 Å². The van der Waals surface area contributed by atoms with E-state index in [1.54, 1.807) is 24.3 Å². The lowest BCUT2D eigenvalue weighted by Crippen LogP contribution is -2.31. The van der Waals surface area contributed by atoms with Crippen molar-refractivity contribution in [1.29, 1.82) is 5.41 Å². The number of pyridine rings is 1. The fourth-order valence-corrected chi connectivity index (χ4v) is 3.06. The Bertz CT molecular complexity index is 1030. The minimum atomic E-state index is -1.46. The maximum atomic E-state index is 14.2. The van der Waals surface area contributed by atoms with E-state index in [-0.39, 0.29) is 16.7 Å². The standard InChI is InChI=1S/C21H15ClF2N2O2/c22-14-5-1-3-12(9-14)20(27)18(21(28)13-4-2-8-26-11-13)19(25)16-7-6-15(23)10-17(16)24/h1-11,18,21,25,28H. The molecule has 1 heterocycles. The van der Waals surface area contributed by atoms with Crippen molar-refractivity contribution in [3.8, 4) is 0 Å². The topological polar surface area (TPSA) is 74.0 Å². The smallest absolute Gasteiger partial charge is 0.174 e. The van der Waals surface area contributed by atoms with Crippen LogP contribution in [0.1, 0.15) is 27.6 Å². The second-order valence-electron chi connectivity index (χ2n) is 6.12. The molecule has 2 unspecified atom stereocenters. The van der Waals surface area contributed by atoms with Gasteiger partial charge in [0.1, 0.15) is 11.6 Å². The normalized spacial score (nSPS) is 13.0. The summed E-state index contributed by atoms with van der Waals surface area (Å²) < 4.78 is 27.5. The number of rotatable bonds is 6. The van der Waals surface area contributed by atoms with Crippen molar-refractivity contribution >= 4 is 23.1 Å². The average molecular weight is 401 g/mol. The third kappa shape index (κ3) is 4.13. The highest BCUT2D eigenvalue weighted by atomic mass is 35.5. The van der Waals surface area contributed by atoms with Crippen molar-refractivity contribution in [2.24, 2.45) is 5.92 Å². The summed E-state index contributed by atoms with van der Waals surface area (Å²) >= 11 is 5.95. The Hall–Kier alpha value is -2.96. The van der Waals surface area contributed by atoms with E-state index in [9.17, 15) is 18.7 Å². The molecule has 3 rings (SSSR count). The SMILES string of the molecule is N=C(c1ccc(F)cc1F)C(C(=O)c1cccc(Cl)c1)C(O)c1cccnc1. The van der Waals surface area contributed by atoms with Gasteiger partial charge in [-0.3, -0.25) is 9.78 Å². The molecule has 0 spiro atoms. The Balaban J connectivity index is 2.08. The molecular weight excluding hydrogens is 386 g/mol. The molecule has 28 heavy (non-hydrogen) atoms. The first-order chi connectivity index (χ1) is 13.4. The molecule has 3 aromatic rings. The number of carbonyl (C=O) groups is 1. The Labute approximate surface area is 165 Å². The van der Waals surface area contributed by atoms with Crippen LogP contribution in [0, 0.1) is 23.0 Å². The third-order valence-electron chi connectivity index (χ3n) is 4.27. The predicted molar refractivity (Wildman–Crippen MR) is 102 cm³/mol. The summed E-state index contributed by atoms with van der Waals surface area (Å²) in [5.41, 5.74) is -0.300. The van der Waals surface area contributed by atoms with Crippen LogP contribution < -0.4 is 0 Å². The number of nitrogens with zero attached hydrogens (tertiary/aromatic N) is 1. The highest BCUT2D eigenvalue weighted by Gasteiger charge is 2.34. The first kappa shape index (κ1) is 19.8. The highest BCUT2D eigenvalue weighted by molar-refractivity contribution is 6.31. The number of nitrogens with one attached hydrogen (secondary N) is 1. The van der Waals surface area contributed by atoms with E-state index < -0.39 is 35.2 Å². The summed E-state index contributed by atoms with van der Waals surface area (Å²) in [6.45, 7) is 0. The monoisotopic (exact) mass is 400 g/mol. The van der Waals surface area contributed by atoms with E-state index in [0.717, 1.165) is 12.1 Å². The molecule has 0 fully saturated rings. The van der Waals surface area contributed by atoms with Gasteiger partial charge in [0.05, 0.1) is 17.7 Å². The van der Waals surface area contributed by atoms with Crippen molar-refractivity contribution in [3.63, 3.8) is 0 Å². The van der Waals surface area contributed by atoms with Gasteiger partial charge in [-0.2, -0.15) is 0 Å². The molecular formula is C21H15ClF2N2O2. The van der Waals surface area contributed by atoms with Crippen LogP contribution in [0.15, 0.2) is 67.0 Å². The summed E-state index contributed by atoms with van der Waals surface area (Å²) in [5.74, 6) is -3.86. The Morgan fingerprint density at radius 2 is 1.89 bits per heavy atom. The number of hydrogen-bond acceptors (Lipinski definition) is 4. The largest absolute Gasteiger partial charge is 0.387 e. The van der Waals surface area contributed by atoms with Gasteiger partial charge in [-0.15, -0.1) is 0 Å². The van der Waals surface area contributed by atoms with E-state index in [4.69, 9.17) is 17.0 Å². The van der Waals surface area contributed by atoms with Crippen LogP contribution >= 0.6 is 11.6 Å². The number of aliphatic hydroxyl groups excluding tert-OH is 1. The zero-order valence-corrected chi connectivity index (χ0v) is 15.2. The van der Waals surface area contributed by atoms with Gasteiger partial charge < -0.3 is 10.5 Å². The molecule has 0 aliphatic heterocycles. The van der Waals surface area contributed by atoms with Gasteiger partial charge in [0.25, 0.3) is 0 Å². The Morgan fingerprint density at radius 3 is 2.54 bits per heavy atom. The quantitative estimate of drug-likeness (QED) is 0.468. The number of carbonyl (C=O) groups excluding carboxylic acids is 1.